The number of benzene rings is 2. The highest BCUT2D eigenvalue weighted by Crippen LogP contribution is 2.17. The second-order valence-electron chi connectivity index (χ2n) is 5.08. The Hall–Kier alpha value is -1.72. The number of hydrogen-bond donors (Lipinski definition) is 1. The monoisotopic (exact) mass is 367 g/mol. The lowest BCUT2D eigenvalue weighted by molar-refractivity contribution is -0.118. The van der Waals surface area contributed by atoms with E-state index in [9.17, 15) is 9.18 Å². The first kappa shape index (κ1) is 18.6. The molecule has 0 aliphatic carbocycles. The van der Waals surface area contributed by atoms with E-state index in [1.165, 1.54) is 23.9 Å². The molecule has 0 aromatic heterocycles. The molecule has 0 fully saturated rings. The Morgan fingerprint density at radius 3 is 2.75 bits per heavy atom. The molecular weight excluding hydrogens is 349 g/mol. The molecule has 0 aliphatic rings. The molecule has 0 saturated heterocycles. The molecular formula is C18H19ClFNO2S. The Labute approximate surface area is 150 Å². The standard InChI is InChI=1S/C18H19ClFNO2S/c19-15-2-1-3-17(12-15)23-10-11-24-13-18(22)21-9-8-14-4-6-16(20)7-5-14/h1-7,12H,8-11,13H2,(H,21,22). The Morgan fingerprint density at radius 2 is 2.00 bits per heavy atom. The Bertz CT molecular complexity index is 652. The molecule has 2 aromatic rings. The topological polar surface area (TPSA) is 38.3 Å². The minimum atomic E-state index is -0.251. The minimum Gasteiger partial charge on any atom is -0.493 e. The van der Waals surface area contributed by atoms with Crippen LogP contribution in [0.2, 0.25) is 5.02 Å². The average Bonchev–Trinajstić information content (AvgIpc) is 2.56. The van der Waals surface area contributed by atoms with Crippen molar-refractivity contribution in [1.29, 1.82) is 0 Å². The molecule has 0 atom stereocenters. The number of hydrogen-bond acceptors (Lipinski definition) is 3. The number of nitrogens with one attached hydrogen (secondary N) is 1. The van der Waals surface area contributed by atoms with Crippen molar-refractivity contribution in [1.82, 2.24) is 5.32 Å². The molecule has 0 saturated carbocycles. The number of rotatable bonds is 9. The normalized spacial score (nSPS) is 10.4. The third-order valence-corrected chi connectivity index (χ3v) is 4.33. The van der Waals surface area contributed by atoms with E-state index < -0.39 is 0 Å². The molecule has 1 amide bonds. The predicted octanol–water partition coefficient (Wildman–Crippen LogP) is 3.95. The summed E-state index contributed by atoms with van der Waals surface area (Å²) in [5, 5.41) is 3.49. The van der Waals surface area contributed by atoms with Gasteiger partial charge in [-0.1, -0.05) is 29.8 Å². The molecule has 0 heterocycles. The van der Waals surface area contributed by atoms with Gasteiger partial charge in [-0.3, -0.25) is 4.79 Å². The summed E-state index contributed by atoms with van der Waals surface area (Å²) in [6.45, 7) is 1.07. The van der Waals surface area contributed by atoms with Gasteiger partial charge >= 0.3 is 0 Å². The van der Waals surface area contributed by atoms with Crippen molar-refractivity contribution in [2.24, 2.45) is 0 Å². The zero-order chi connectivity index (χ0) is 17.2. The molecule has 0 aliphatic heterocycles. The zero-order valence-corrected chi connectivity index (χ0v) is 14.7. The van der Waals surface area contributed by atoms with Crippen molar-refractivity contribution in [3.05, 3.63) is 64.9 Å². The molecule has 2 rings (SSSR count). The molecule has 6 heteroatoms. The highest BCUT2D eigenvalue weighted by Gasteiger charge is 2.02. The van der Waals surface area contributed by atoms with Crippen LogP contribution >= 0.6 is 23.4 Å². The number of amides is 1. The zero-order valence-electron chi connectivity index (χ0n) is 13.1. The molecule has 0 unspecified atom stereocenters. The maximum atomic E-state index is 12.8. The summed E-state index contributed by atoms with van der Waals surface area (Å²) >= 11 is 7.38. The number of carbonyl (C=O) groups is 1. The molecule has 1 N–H and O–H groups in total. The van der Waals surface area contributed by atoms with Gasteiger partial charge in [0.05, 0.1) is 12.4 Å². The van der Waals surface area contributed by atoms with Crippen molar-refractivity contribution in [3.8, 4) is 5.75 Å². The number of thioether (sulfide) groups is 1. The van der Waals surface area contributed by atoms with Gasteiger partial charge in [0.15, 0.2) is 0 Å². The van der Waals surface area contributed by atoms with Gasteiger partial charge in [-0.25, -0.2) is 4.39 Å². The van der Waals surface area contributed by atoms with Gasteiger partial charge in [0.2, 0.25) is 5.91 Å². The van der Waals surface area contributed by atoms with Gasteiger partial charge in [0, 0.05) is 17.3 Å². The Kier molecular flexibility index (Phi) is 7.92. The van der Waals surface area contributed by atoms with Crippen molar-refractivity contribution in [3.63, 3.8) is 0 Å². The van der Waals surface area contributed by atoms with E-state index in [4.69, 9.17) is 16.3 Å². The summed E-state index contributed by atoms with van der Waals surface area (Å²) < 4.78 is 18.3. The highest BCUT2D eigenvalue weighted by molar-refractivity contribution is 7.99. The van der Waals surface area contributed by atoms with Crippen LogP contribution in [0.5, 0.6) is 5.75 Å². The number of halogens is 2. The van der Waals surface area contributed by atoms with E-state index >= 15 is 0 Å². The third kappa shape index (κ3) is 7.23. The first-order chi connectivity index (χ1) is 11.6. The fraction of sp³-hybridized carbons (Fsp3) is 0.278. The Balaban J connectivity index is 1.52. The van der Waals surface area contributed by atoms with Crippen molar-refractivity contribution < 1.29 is 13.9 Å². The van der Waals surface area contributed by atoms with Crippen LogP contribution in [-0.4, -0.2) is 30.6 Å². The van der Waals surface area contributed by atoms with Gasteiger partial charge in [0.1, 0.15) is 11.6 Å². The second kappa shape index (κ2) is 10.2. The van der Waals surface area contributed by atoms with Gasteiger partial charge in [-0.05, 0) is 42.3 Å². The summed E-state index contributed by atoms with van der Waals surface area (Å²) in [7, 11) is 0. The first-order valence-electron chi connectivity index (χ1n) is 7.61. The van der Waals surface area contributed by atoms with Crippen LogP contribution in [-0.2, 0) is 11.2 Å². The summed E-state index contributed by atoms with van der Waals surface area (Å²) in [5.74, 6) is 1.58. The summed E-state index contributed by atoms with van der Waals surface area (Å²) in [5.41, 5.74) is 0.999. The van der Waals surface area contributed by atoms with Crippen LogP contribution in [0.15, 0.2) is 48.5 Å². The van der Waals surface area contributed by atoms with Crippen molar-refractivity contribution >= 4 is 29.3 Å². The average molecular weight is 368 g/mol. The van der Waals surface area contributed by atoms with Crippen LogP contribution in [0.1, 0.15) is 5.56 Å². The fourth-order valence-electron chi connectivity index (χ4n) is 1.99. The molecule has 24 heavy (non-hydrogen) atoms. The molecule has 3 nitrogen and oxygen atoms in total. The van der Waals surface area contributed by atoms with Gasteiger partial charge < -0.3 is 10.1 Å². The number of carbonyl (C=O) groups excluding carboxylic acids is 1. The van der Waals surface area contributed by atoms with E-state index in [1.807, 2.05) is 12.1 Å². The third-order valence-electron chi connectivity index (χ3n) is 3.17. The van der Waals surface area contributed by atoms with E-state index in [0.29, 0.717) is 30.3 Å². The number of ether oxygens (including phenoxy) is 1. The van der Waals surface area contributed by atoms with Crippen LogP contribution in [0.25, 0.3) is 0 Å². The predicted molar refractivity (Wildman–Crippen MR) is 97.4 cm³/mol. The smallest absolute Gasteiger partial charge is 0.230 e. The summed E-state index contributed by atoms with van der Waals surface area (Å²) in [4.78, 5) is 11.7. The summed E-state index contributed by atoms with van der Waals surface area (Å²) in [6, 6.07) is 13.5. The lowest BCUT2D eigenvalue weighted by Gasteiger charge is -2.07. The largest absolute Gasteiger partial charge is 0.493 e. The first-order valence-corrected chi connectivity index (χ1v) is 9.14. The van der Waals surface area contributed by atoms with Crippen molar-refractivity contribution in [2.45, 2.75) is 6.42 Å². The van der Waals surface area contributed by atoms with Gasteiger partial charge in [-0.2, -0.15) is 0 Å². The van der Waals surface area contributed by atoms with Crippen LogP contribution < -0.4 is 10.1 Å². The van der Waals surface area contributed by atoms with E-state index in [2.05, 4.69) is 5.32 Å². The summed E-state index contributed by atoms with van der Waals surface area (Å²) in [6.07, 6.45) is 0.689. The maximum Gasteiger partial charge on any atom is 0.230 e. The molecule has 2 aromatic carbocycles. The van der Waals surface area contributed by atoms with Crippen LogP contribution in [0.4, 0.5) is 4.39 Å². The minimum absolute atomic E-state index is 0.00938. The van der Waals surface area contributed by atoms with E-state index in [1.54, 1.807) is 24.3 Å². The van der Waals surface area contributed by atoms with Crippen molar-refractivity contribution in [2.75, 3.05) is 24.7 Å². The molecule has 0 bridgehead atoms. The van der Waals surface area contributed by atoms with E-state index in [0.717, 1.165) is 17.1 Å². The van der Waals surface area contributed by atoms with Gasteiger partial charge in [-0.15, -0.1) is 11.8 Å². The van der Waals surface area contributed by atoms with Crippen LogP contribution in [0, 0.1) is 5.82 Å². The lowest BCUT2D eigenvalue weighted by atomic mass is 10.1. The van der Waals surface area contributed by atoms with E-state index in [-0.39, 0.29) is 11.7 Å². The molecule has 128 valence electrons. The second-order valence-corrected chi connectivity index (χ2v) is 6.63. The lowest BCUT2D eigenvalue weighted by Crippen LogP contribution is -2.27. The van der Waals surface area contributed by atoms with Gasteiger partial charge in [0.25, 0.3) is 0 Å². The fourth-order valence-corrected chi connectivity index (χ4v) is 2.80. The highest BCUT2D eigenvalue weighted by atomic mass is 35.5. The molecule has 0 spiro atoms. The quantitative estimate of drug-likeness (QED) is 0.682. The maximum absolute atomic E-state index is 12.8. The SMILES string of the molecule is O=C(CSCCOc1cccc(Cl)c1)NCCc1ccc(F)cc1. The molecule has 0 radical (unpaired) electrons. The van der Waals surface area contributed by atoms with Crippen LogP contribution in [0.3, 0.4) is 0 Å². The Morgan fingerprint density at radius 1 is 1.21 bits per heavy atom.